The van der Waals surface area contributed by atoms with Crippen molar-refractivity contribution < 1.29 is 4.79 Å². The first-order valence-corrected chi connectivity index (χ1v) is 5.93. The fourth-order valence-electron chi connectivity index (χ4n) is 1.58. The van der Waals surface area contributed by atoms with Crippen LogP contribution < -0.4 is 11.1 Å². The Hall–Kier alpha value is -1.06. The summed E-state index contributed by atoms with van der Waals surface area (Å²) in [7, 11) is 0. The highest BCUT2D eigenvalue weighted by Gasteiger charge is 2.21. The van der Waals surface area contributed by atoms with Crippen LogP contribution in [0.2, 0.25) is 0 Å². The molecule has 0 saturated carbocycles. The van der Waals surface area contributed by atoms with Crippen LogP contribution in [0.25, 0.3) is 0 Å². The minimum absolute atomic E-state index is 0. The molecule has 0 aromatic heterocycles. The van der Waals surface area contributed by atoms with Gasteiger partial charge in [0.05, 0.1) is 6.04 Å². The fraction of sp³-hybridized carbons (Fsp3) is 0.500. The molecule has 0 spiro atoms. The van der Waals surface area contributed by atoms with Crippen molar-refractivity contribution in [1.29, 1.82) is 0 Å². The third-order valence-electron chi connectivity index (χ3n) is 2.95. The Morgan fingerprint density at radius 3 is 2.28 bits per heavy atom. The van der Waals surface area contributed by atoms with Gasteiger partial charge in [0.15, 0.2) is 0 Å². The average Bonchev–Trinajstić information content (AvgIpc) is 2.26. The van der Waals surface area contributed by atoms with E-state index in [0.29, 0.717) is 6.54 Å². The van der Waals surface area contributed by atoms with Gasteiger partial charge in [0, 0.05) is 12.0 Å². The van der Waals surface area contributed by atoms with Crippen LogP contribution in [0.15, 0.2) is 24.3 Å². The number of rotatable bonds is 4. The van der Waals surface area contributed by atoms with Crippen molar-refractivity contribution in [2.45, 2.75) is 39.2 Å². The summed E-state index contributed by atoms with van der Waals surface area (Å²) >= 11 is 0. The average molecular weight is 271 g/mol. The predicted octanol–water partition coefficient (Wildman–Crippen LogP) is 2.16. The van der Waals surface area contributed by atoms with E-state index in [1.165, 1.54) is 11.1 Å². The molecule has 0 bridgehead atoms. The Labute approximate surface area is 116 Å². The Kier molecular flexibility index (Phi) is 6.36. The maximum absolute atomic E-state index is 11.4. The quantitative estimate of drug-likeness (QED) is 0.881. The largest absolute Gasteiger partial charge is 0.354 e. The maximum Gasteiger partial charge on any atom is 0.236 e. The van der Waals surface area contributed by atoms with Crippen LogP contribution in [-0.4, -0.2) is 18.5 Å². The summed E-state index contributed by atoms with van der Waals surface area (Å²) < 4.78 is 0. The molecule has 18 heavy (non-hydrogen) atoms. The van der Waals surface area contributed by atoms with E-state index >= 15 is 0 Å². The lowest BCUT2D eigenvalue weighted by atomic mass is 9.84. The first-order valence-electron chi connectivity index (χ1n) is 5.93. The Balaban J connectivity index is 0.00000289. The zero-order valence-electron chi connectivity index (χ0n) is 11.5. The van der Waals surface area contributed by atoms with Gasteiger partial charge in [-0.25, -0.2) is 0 Å². The Bertz CT molecular complexity index is 385. The van der Waals surface area contributed by atoms with Gasteiger partial charge in [0.2, 0.25) is 5.91 Å². The van der Waals surface area contributed by atoms with Crippen LogP contribution >= 0.6 is 12.4 Å². The molecule has 1 rings (SSSR count). The molecule has 1 aromatic rings. The van der Waals surface area contributed by atoms with Gasteiger partial charge >= 0.3 is 0 Å². The van der Waals surface area contributed by atoms with Gasteiger partial charge in [-0.05, 0) is 19.4 Å². The Morgan fingerprint density at radius 2 is 1.83 bits per heavy atom. The summed E-state index contributed by atoms with van der Waals surface area (Å²) in [6.45, 7) is 8.57. The molecule has 0 aliphatic heterocycles. The summed E-state index contributed by atoms with van der Waals surface area (Å²) in [6.07, 6.45) is 0. The molecule has 3 nitrogen and oxygen atoms in total. The minimum atomic E-state index is -0.455. The van der Waals surface area contributed by atoms with Crippen LogP contribution in [0.1, 0.15) is 31.9 Å². The highest BCUT2D eigenvalue weighted by Crippen LogP contribution is 2.22. The van der Waals surface area contributed by atoms with Crippen molar-refractivity contribution in [3.05, 3.63) is 35.4 Å². The molecule has 0 heterocycles. The number of hydrogen-bond acceptors (Lipinski definition) is 2. The first kappa shape index (κ1) is 16.9. The predicted molar refractivity (Wildman–Crippen MR) is 78.1 cm³/mol. The summed E-state index contributed by atoms with van der Waals surface area (Å²) in [5.74, 6) is -0.106. The molecule has 1 aromatic carbocycles. The normalized spacial score (nSPS) is 12.5. The molecular weight excluding hydrogens is 248 g/mol. The molecule has 3 N–H and O–H groups in total. The van der Waals surface area contributed by atoms with Crippen LogP contribution in [0, 0.1) is 6.92 Å². The third kappa shape index (κ3) is 4.67. The monoisotopic (exact) mass is 270 g/mol. The second-order valence-electron chi connectivity index (χ2n) is 5.26. The van der Waals surface area contributed by atoms with Crippen molar-refractivity contribution in [1.82, 2.24) is 5.32 Å². The maximum atomic E-state index is 11.4. The molecule has 0 unspecified atom stereocenters. The molecule has 0 radical (unpaired) electrons. The molecule has 0 fully saturated rings. The van der Waals surface area contributed by atoms with Crippen molar-refractivity contribution in [2.75, 3.05) is 6.54 Å². The number of halogens is 1. The standard InChI is InChI=1S/C14H22N2O.ClH/c1-10-5-7-12(8-6-10)14(3,4)9-16-13(17)11(2)15;/h5-8,11H,9,15H2,1-4H3,(H,16,17);1H/t11-;/m1./s1. The van der Waals surface area contributed by atoms with Gasteiger partial charge < -0.3 is 11.1 Å². The van der Waals surface area contributed by atoms with Gasteiger partial charge in [-0.15, -0.1) is 12.4 Å². The number of hydrogen-bond donors (Lipinski definition) is 2. The SMILES string of the molecule is Cc1ccc(C(C)(C)CNC(=O)[C@@H](C)N)cc1.Cl. The first-order chi connectivity index (χ1) is 7.83. The van der Waals surface area contributed by atoms with E-state index in [1.54, 1.807) is 6.92 Å². The summed E-state index contributed by atoms with van der Waals surface area (Å²) in [5, 5.41) is 2.87. The number of carbonyl (C=O) groups is 1. The smallest absolute Gasteiger partial charge is 0.236 e. The molecule has 102 valence electrons. The second-order valence-corrected chi connectivity index (χ2v) is 5.26. The van der Waals surface area contributed by atoms with Crippen molar-refractivity contribution in [3.8, 4) is 0 Å². The van der Waals surface area contributed by atoms with Crippen LogP contribution in [0.5, 0.6) is 0 Å². The minimum Gasteiger partial charge on any atom is -0.354 e. The topological polar surface area (TPSA) is 55.1 Å². The molecule has 1 atom stereocenters. The van der Waals surface area contributed by atoms with Crippen LogP contribution in [-0.2, 0) is 10.2 Å². The molecule has 1 amide bonds. The lowest BCUT2D eigenvalue weighted by Crippen LogP contribution is -2.43. The Morgan fingerprint density at radius 1 is 1.33 bits per heavy atom. The summed E-state index contributed by atoms with van der Waals surface area (Å²) in [6, 6.07) is 7.93. The molecule has 0 aliphatic carbocycles. The molecule has 4 heteroatoms. The molecule has 0 aliphatic rings. The van der Waals surface area contributed by atoms with E-state index in [9.17, 15) is 4.79 Å². The lowest BCUT2D eigenvalue weighted by Gasteiger charge is -2.26. The van der Waals surface area contributed by atoms with Crippen LogP contribution in [0.4, 0.5) is 0 Å². The molecule has 0 saturated heterocycles. The van der Waals surface area contributed by atoms with Gasteiger partial charge in [-0.1, -0.05) is 43.7 Å². The van der Waals surface area contributed by atoms with Crippen molar-refractivity contribution in [2.24, 2.45) is 5.73 Å². The van der Waals surface area contributed by atoms with E-state index in [2.05, 4.69) is 50.4 Å². The van der Waals surface area contributed by atoms with Gasteiger partial charge in [0.25, 0.3) is 0 Å². The number of carbonyl (C=O) groups excluding carboxylic acids is 1. The number of nitrogens with two attached hydrogens (primary N) is 1. The van der Waals surface area contributed by atoms with Gasteiger partial charge in [-0.3, -0.25) is 4.79 Å². The van der Waals surface area contributed by atoms with Gasteiger partial charge in [0.1, 0.15) is 0 Å². The highest BCUT2D eigenvalue weighted by molar-refractivity contribution is 5.85. The summed E-state index contributed by atoms with van der Waals surface area (Å²) in [5.41, 5.74) is 7.88. The third-order valence-corrected chi connectivity index (χ3v) is 2.95. The van der Waals surface area contributed by atoms with Gasteiger partial charge in [-0.2, -0.15) is 0 Å². The molecular formula is C14H23ClN2O. The van der Waals surface area contributed by atoms with E-state index in [4.69, 9.17) is 5.73 Å². The van der Waals surface area contributed by atoms with E-state index in [-0.39, 0.29) is 23.7 Å². The van der Waals surface area contributed by atoms with Crippen LogP contribution in [0.3, 0.4) is 0 Å². The lowest BCUT2D eigenvalue weighted by molar-refractivity contribution is -0.122. The van der Waals surface area contributed by atoms with Crippen molar-refractivity contribution >= 4 is 18.3 Å². The highest BCUT2D eigenvalue weighted by atomic mass is 35.5. The second kappa shape index (κ2) is 6.76. The van der Waals surface area contributed by atoms with Crippen molar-refractivity contribution in [3.63, 3.8) is 0 Å². The zero-order valence-corrected chi connectivity index (χ0v) is 12.3. The number of amides is 1. The number of benzene rings is 1. The fourth-order valence-corrected chi connectivity index (χ4v) is 1.58. The number of aryl methyl sites for hydroxylation is 1. The van der Waals surface area contributed by atoms with E-state index in [1.807, 2.05) is 0 Å². The van der Waals surface area contributed by atoms with E-state index in [0.717, 1.165) is 0 Å². The number of nitrogens with one attached hydrogen (secondary N) is 1. The summed E-state index contributed by atoms with van der Waals surface area (Å²) in [4.78, 5) is 11.4. The van der Waals surface area contributed by atoms with E-state index < -0.39 is 6.04 Å². The zero-order chi connectivity index (χ0) is 13.1.